The third kappa shape index (κ3) is 2.98. The highest BCUT2D eigenvalue weighted by Crippen LogP contribution is 2.38. The number of aromatic nitrogens is 4. The van der Waals surface area contributed by atoms with Crippen LogP contribution in [0, 0.1) is 0 Å². The highest BCUT2D eigenvalue weighted by Gasteiger charge is 2.26. The lowest BCUT2D eigenvalue weighted by molar-refractivity contribution is 0.669. The molecular weight excluding hydrogens is 238 g/mol. The van der Waals surface area contributed by atoms with Gasteiger partial charge in [0, 0.05) is 36.6 Å². The van der Waals surface area contributed by atoms with Crippen molar-refractivity contribution in [1.82, 2.24) is 25.1 Å². The van der Waals surface area contributed by atoms with Crippen molar-refractivity contribution in [3.05, 3.63) is 35.9 Å². The highest BCUT2D eigenvalue weighted by atomic mass is 15.3. The molecule has 0 bridgehead atoms. The minimum Gasteiger partial charge on any atom is -0.313 e. The molecule has 2 aromatic heterocycles. The normalized spacial score (nSPS) is 14.8. The molecule has 1 saturated carbocycles. The minimum atomic E-state index is 0.645. The quantitative estimate of drug-likeness (QED) is 0.805. The maximum absolute atomic E-state index is 4.52. The summed E-state index contributed by atoms with van der Waals surface area (Å²) in [4.78, 5) is 8.74. The Morgan fingerprint density at radius 3 is 2.79 bits per heavy atom. The van der Waals surface area contributed by atoms with E-state index in [9.17, 15) is 0 Å². The van der Waals surface area contributed by atoms with Gasteiger partial charge in [0.05, 0.1) is 5.69 Å². The van der Waals surface area contributed by atoms with Gasteiger partial charge in [0.25, 0.3) is 0 Å². The zero-order chi connectivity index (χ0) is 13.1. The van der Waals surface area contributed by atoms with E-state index in [1.807, 2.05) is 18.6 Å². The van der Waals surface area contributed by atoms with Crippen molar-refractivity contribution < 1.29 is 0 Å². The molecule has 1 fully saturated rings. The van der Waals surface area contributed by atoms with Crippen LogP contribution < -0.4 is 5.32 Å². The Morgan fingerprint density at radius 2 is 2.11 bits per heavy atom. The monoisotopic (exact) mass is 257 g/mol. The summed E-state index contributed by atoms with van der Waals surface area (Å²) in [6.07, 6.45) is 9.33. The van der Waals surface area contributed by atoms with E-state index in [2.05, 4.69) is 33.4 Å². The number of rotatable bonds is 6. The SMILES string of the molecule is CCCNCc1cnc(-n2ccc(C3CC3)n2)nc1. The molecule has 0 radical (unpaired) electrons. The fraction of sp³-hybridized carbons (Fsp3) is 0.500. The van der Waals surface area contributed by atoms with Gasteiger partial charge in [-0.2, -0.15) is 5.10 Å². The van der Waals surface area contributed by atoms with Gasteiger partial charge in [-0.1, -0.05) is 6.92 Å². The molecule has 0 amide bonds. The van der Waals surface area contributed by atoms with Crippen molar-refractivity contribution in [3.8, 4) is 5.95 Å². The van der Waals surface area contributed by atoms with Crippen molar-refractivity contribution in [3.63, 3.8) is 0 Å². The molecule has 2 heterocycles. The molecule has 1 N–H and O–H groups in total. The molecule has 100 valence electrons. The van der Waals surface area contributed by atoms with Crippen LogP contribution in [0.2, 0.25) is 0 Å². The van der Waals surface area contributed by atoms with Gasteiger partial charge in [-0.05, 0) is 31.9 Å². The Hall–Kier alpha value is -1.75. The third-order valence-corrected chi connectivity index (χ3v) is 3.26. The topological polar surface area (TPSA) is 55.6 Å². The summed E-state index contributed by atoms with van der Waals surface area (Å²) < 4.78 is 1.76. The molecule has 1 aliphatic rings. The van der Waals surface area contributed by atoms with E-state index in [0.717, 1.165) is 30.8 Å². The van der Waals surface area contributed by atoms with Gasteiger partial charge in [0.1, 0.15) is 0 Å². The second kappa shape index (κ2) is 5.48. The smallest absolute Gasteiger partial charge is 0.250 e. The van der Waals surface area contributed by atoms with Gasteiger partial charge in [0.2, 0.25) is 5.95 Å². The van der Waals surface area contributed by atoms with Gasteiger partial charge in [-0.15, -0.1) is 0 Å². The van der Waals surface area contributed by atoms with E-state index in [1.54, 1.807) is 4.68 Å². The lowest BCUT2D eigenvalue weighted by atomic mass is 10.3. The standard InChI is InChI=1S/C14H19N5/c1-2-6-15-8-11-9-16-14(17-10-11)19-7-5-13(18-19)12-3-4-12/h5,7,9-10,12,15H,2-4,6,8H2,1H3. The summed E-state index contributed by atoms with van der Waals surface area (Å²) in [7, 11) is 0. The number of nitrogens with zero attached hydrogens (tertiary/aromatic N) is 4. The molecule has 0 atom stereocenters. The first-order valence-electron chi connectivity index (χ1n) is 6.94. The van der Waals surface area contributed by atoms with Crippen molar-refractivity contribution in [2.24, 2.45) is 0 Å². The van der Waals surface area contributed by atoms with Crippen LogP contribution in [0.5, 0.6) is 0 Å². The van der Waals surface area contributed by atoms with Crippen LogP contribution in [-0.4, -0.2) is 26.3 Å². The summed E-state index contributed by atoms with van der Waals surface area (Å²) >= 11 is 0. The average Bonchev–Trinajstić information content (AvgIpc) is 3.18. The summed E-state index contributed by atoms with van der Waals surface area (Å²) in [5, 5.41) is 7.86. The zero-order valence-corrected chi connectivity index (χ0v) is 11.2. The Labute approximate surface area is 113 Å². The molecule has 5 nitrogen and oxygen atoms in total. The Kier molecular flexibility index (Phi) is 3.55. The maximum Gasteiger partial charge on any atom is 0.250 e. The second-order valence-corrected chi connectivity index (χ2v) is 5.03. The largest absolute Gasteiger partial charge is 0.313 e. The number of hydrogen-bond acceptors (Lipinski definition) is 4. The van der Waals surface area contributed by atoms with Crippen molar-refractivity contribution in [1.29, 1.82) is 0 Å². The number of hydrogen-bond donors (Lipinski definition) is 1. The molecule has 0 saturated heterocycles. The predicted octanol–water partition coefficient (Wildman–Crippen LogP) is 2.04. The van der Waals surface area contributed by atoms with Crippen LogP contribution in [0.3, 0.4) is 0 Å². The Morgan fingerprint density at radius 1 is 1.32 bits per heavy atom. The van der Waals surface area contributed by atoms with Gasteiger partial charge < -0.3 is 5.32 Å². The van der Waals surface area contributed by atoms with Crippen LogP contribution in [0.25, 0.3) is 5.95 Å². The first-order valence-corrected chi connectivity index (χ1v) is 6.94. The molecule has 5 heteroatoms. The van der Waals surface area contributed by atoms with E-state index in [4.69, 9.17) is 0 Å². The van der Waals surface area contributed by atoms with Crippen molar-refractivity contribution >= 4 is 0 Å². The molecule has 19 heavy (non-hydrogen) atoms. The van der Waals surface area contributed by atoms with E-state index < -0.39 is 0 Å². The van der Waals surface area contributed by atoms with Crippen LogP contribution in [-0.2, 0) is 6.54 Å². The summed E-state index contributed by atoms with van der Waals surface area (Å²) in [5.41, 5.74) is 2.27. The van der Waals surface area contributed by atoms with Crippen LogP contribution >= 0.6 is 0 Å². The van der Waals surface area contributed by atoms with Gasteiger partial charge in [0.15, 0.2) is 0 Å². The van der Waals surface area contributed by atoms with Crippen LogP contribution in [0.15, 0.2) is 24.7 Å². The molecule has 1 aliphatic carbocycles. The van der Waals surface area contributed by atoms with Crippen molar-refractivity contribution in [2.75, 3.05) is 6.54 Å². The van der Waals surface area contributed by atoms with Crippen LogP contribution in [0.4, 0.5) is 0 Å². The van der Waals surface area contributed by atoms with Gasteiger partial charge in [-0.25, -0.2) is 14.6 Å². The first-order chi connectivity index (χ1) is 9.36. The van der Waals surface area contributed by atoms with Gasteiger partial charge >= 0.3 is 0 Å². The summed E-state index contributed by atoms with van der Waals surface area (Å²) in [6.45, 7) is 3.99. The lowest BCUT2D eigenvalue weighted by Gasteiger charge is -2.03. The molecule has 0 spiro atoms. The van der Waals surface area contributed by atoms with Gasteiger partial charge in [-0.3, -0.25) is 0 Å². The molecule has 2 aromatic rings. The molecule has 0 unspecified atom stereocenters. The molecule has 0 aromatic carbocycles. The molecule has 3 rings (SSSR count). The Balaban J connectivity index is 1.66. The number of nitrogens with one attached hydrogen (secondary N) is 1. The lowest BCUT2D eigenvalue weighted by Crippen LogP contribution is -2.14. The average molecular weight is 257 g/mol. The Bertz CT molecular complexity index is 527. The van der Waals surface area contributed by atoms with Crippen LogP contribution in [0.1, 0.15) is 43.4 Å². The fourth-order valence-corrected chi connectivity index (χ4v) is 2.01. The molecule has 0 aliphatic heterocycles. The summed E-state index contributed by atoms with van der Waals surface area (Å²) in [5.74, 6) is 1.31. The third-order valence-electron chi connectivity index (χ3n) is 3.26. The second-order valence-electron chi connectivity index (χ2n) is 5.03. The van der Waals surface area contributed by atoms with E-state index in [-0.39, 0.29) is 0 Å². The fourth-order valence-electron chi connectivity index (χ4n) is 2.01. The highest BCUT2D eigenvalue weighted by molar-refractivity contribution is 5.18. The summed E-state index contributed by atoms with van der Waals surface area (Å²) in [6, 6.07) is 2.07. The van der Waals surface area contributed by atoms with E-state index >= 15 is 0 Å². The van der Waals surface area contributed by atoms with Crippen molar-refractivity contribution in [2.45, 2.75) is 38.6 Å². The predicted molar refractivity (Wildman–Crippen MR) is 73.1 cm³/mol. The van der Waals surface area contributed by atoms with E-state index in [1.165, 1.54) is 12.8 Å². The minimum absolute atomic E-state index is 0.645. The zero-order valence-electron chi connectivity index (χ0n) is 11.2. The maximum atomic E-state index is 4.52. The molecular formula is C14H19N5. The first kappa shape index (κ1) is 12.3. The van der Waals surface area contributed by atoms with E-state index in [0.29, 0.717) is 11.9 Å².